The number of alkyl halides is 1. The minimum absolute atomic E-state index is 0.194. The standard InChI is InChI=1S/C9H9IO3/c1-9(13-8(11)5-10)4-6-2-3-7(9)12-6/h2-3H,4-5H2,1H3. The van der Waals surface area contributed by atoms with Gasteiger partial charge in [-0.05, 0) is 19.1 Å². The number of ether oxygens (including phenoxy) is 1. The van der Waals surface area contributed by atoms with Gasteiger partial charge in [0.2, 0.25) is 0 Å². The van der Waals surface area contributed by atoms with E-state index in [0.717, 1.165) is 11.5 Å². The van der Waals surface area contributed by atoms with Crippen molar-refractivity contribution in [3.63, 3.8) is 0 Å². The van der Waals surface area contributed by atoms with Crippen LogP contribution < -0.4 is 0 Å². The molecule has 1 unspecified atom stereocenters. The molecule has 2 rings (SSSR count). The number of esters is 1. The predicted molar refractivity (Wildman–Crippen MR) is 54.7 cm³/mol. The monoisotopic (exact) mass is 292 g/mol. The number of hydrogen-bond donors (Lipinski definition) is 0. The predicted octanol–water partition coefficient (Wildman–Crippen LogP) is 2.03. The highest BCUT2D eigenvalue weighted by molar-refractivity contribution is 14.1. The van der Waals surface area contributed by atoms with Gasteiger partial charge < -0.3 is 9.15 Å². The number of carbonyl (C=O) groups excluding carboxylic acids is 1. The molecular weight excluding hydrogens is 283 g/mol. The van der Waals surface area contributed by atoms with Crippen LogP contribution in [0.5, 0.6) is 0 Å². The van der Waals surface area contributed by atoms with Crippen molar-refractivity contribution >= 4 is 28.6 Å². The summed E-state index contributed by atoms with van der Waals surface area (Å²) in [6.45, 7) is 1.88. The van der Waals surface area contributed by atoms with Crippen LogP contribution in [0, 0.1) is 0 Å². The molecule has 0 aliphatic carbocycles. The van der Waals surface area contributed by atoms with Crippen molar-refractivity contribution in [2.45, 2.75) is 18.9 Å². The number of carbonyl (C=O) groups is 1. The molecule has 0 saturated heterocycles. The summed E-state index contributed by atoms with van der Waals surface area (Å²) in [4.78, 5) is 11.1. The lowest BCUT2D eigenvalue weighted by Crippen LogP contribution is -2.29. The number of furan rings is 1. The first kappa shape index (κ1) is 9.05. The van der Waals surface area contributed by atoms with E-state index in [0.29, 0.717) is 10.8 Å². The van der Waals surface area contributed by atoms with Crippen LogP contribution in [0.25, 0.3) is 0 Å². The van der Waals surface area contributed by atoms with Crippen molar-refractivity contribution in [3.8, 4) is 0 Å². The van der Waals surface area contributed by atoms with Gasteiger partial charge in [-0.2, -0.15) is 0 Å². The number of halogens is 1. The van der Waals surface area contributed by atoms with Gasteiger partial charge in [0.15, 0.2) is 5.60 Å². The Bertz CT molecular complexity index is 344. The molecule has 2 bridgehead atoms. The van der Waals surface area contributed by atoms with Crippen molar-refractivity contribution in [2.24, 2.45) is 0 Å². The summed E-state index contributed by atoms with van der Waals surface area (Å²) in [6, 6.07) is 3.77. The van der Waals surface area contributed by atoms with E-state index < -0.39 is 5.60 Å². The minimum Gasteiger partial charge on any atom is -0.462 e. The summed E-state index contributed by atoms with van der Waals surface area (Å²) >= 11 is 1.99. The first-order chi connectivity index (χ1) is 6.14. The van der Waals surface area contributed by atoms with Crippen LogP contribution in [0.3, 0.4) is 0 Å². The summed E-state index contributed by atoms with van der Waals surface area (Å²) in [5, 5.41) is 0. The summed E-state index contributed by atoms with van der Waals surface area (Å²) in [5.74, 6) is 1.44. The van der Waals surface area contributed by atoms with E-state index in [1.165, 1.54) is 0 Å². The highest BCUT2D eigenvalue weighted by Crippen LogP contribution is 2.37. The Morgan fingerprint density at radius 3 is 3.00 bits per heavy atom. The highest BCUT2D eigenvalue weighted by atomic mass is 127. The van der Waals surface area contributed by atoms with E-state index in [1.54, 1.807) is 0 Å². The molecule has 70 valence electrons. The second kappa shape index (κ2) is 3.01. The minimum atomic E-state index is -0.549. The van der Waals surface area contributed by atoms with Crippen LogP contribution >= 0.6 is 22.6 Å². The van der Waals surface area contributed by atoms with E-state index in [1.807, 2.05) is 41.6 Å². The quantitative estimate of drug-likeness (QED) is 0.475. The molecule has 0 radical (unpaired) electrons. The lowest BCUT2D eigenvalue weighted by Gasteiger charge is -2.23. The molecule has 0 amide bonds. The Kier molecular flexibility index (Phi) is 2.09. The van der Waals surface area contributed by atoms with Crippen LogP contribution in [0.4, 0.5) is 0 Å². The van der Waals surface area contributed by atoms with Gasteiger partial charge in [0.25, 0.3) is 0 Å². The van der Waals surface area contributed by atoms with Gasteiger partial charge in [-0.25, -0.2) is 0 Å². The first-order valence-corrected chi connectivity index (χ1v) is 5.53. The van der Waals surface area contributed by atoms with E-state index >= 15 is 0 Å². The van der Waals surface area contributed by atoms with Crippen molar-refractivity contribution in [3.05, 3.63) is 23.7 Å². The second-order valence-corrected chi connectivity index (χ2v) is 4.04. The van der Waals surface area contributed by atoms with Gasteiger partial charge in [0.05, 0.1) is 10.8 Å². The van der Waals surface area contributed by atoms with E-state index in [-0.39, 0.29) is 5.97 Å². The van der Waals surface area contributed by atoms with Crippen LogP contribution in [0.2, 0.25) is 0 Å². The maximum atomic E-state index is 11.1. The van der Waals surface area contributed by atoms with Crippen molar-refractivity contribution in [1.29, 1.82) is 0 Å². The first-order valence-electron chi connectivity index (χ1n) is 4.01. The summed E-state index contributed by atoms with van der Waals surface area (Å²) < 4.78 is 11.1. The molecule has 2 heterocycles. The Balaban J connectivity index is 2.16. The van der Waals surface area contributed by atoms with Gasteiger partial charge >= 0.3 is 5.97 Å². The molecule has 3 nitrogen and oxygen atoms in total. The number of fused-ring (bicyclic) bond motifs is 2. The highest BCUT2D eigenvalue weighted by Gasteiger charge is 2.40. The van der Waals surface area contributed by atoms with Crippen molar-refractivity contribution < 1.29 is 13.9 Å². The lowest BCUT2D eigenvalue weighted by molar-refractivity contribution is -0.155. The largest absolute Gasteiger partial charge is 0.462 e. The van der Waals surface area contributed by atoms with Gasteiger partial charge in [-0.15, -0.1) is 0 Å². The average molecular weight is 292 g/mol. The van der Waals surface area contributed by atoms with Gasteiger partial charge in [-0.1, -0.05) is 22.6 Å². The molecule has 0 spiro atoms. The van der Waals surface area contributed by atoms with E-state index in [4.69, 9.17) is 9.15 Å². The maximum absolute atomic E-state index is 11.1. The zero-order valence-corrected chi connectivity index (χ0v) is 9.33. The van der Waals surface area contributed by atoms with Crippen LogP contribution in [0.1, 0.15) is 18.4 Å². The zero-order chi connectivity index (χ0) is 9.47. The summed E-state index contributed by atoms with van der Waals surface area (Å²) in [5.41, 5.74) is -0.549. The van der Waals surface area contributed by atoms with Crippen LogP contribution in [-0.4, -0.2) is 10.4 Å². The third-order valence-electron chi connectivity index (χ3n) is 2.14. The fourth-order valence-corrected chi connectivity index (χ4v) is 1.70. The molecule has 0 saturated carbocycles. The average Bonchev–Trinajstić information content (AvgIpc) is 2.62. The summed E-state index contributed by atoms with van der Waals surface area (Å²) in [7, 11) is 0. The third-order valence-corrected chi connectivity index (χ3v) is 2.77. The Morgan fingerprint density at radius 2 is 2.54 bits per heavy atom. The van der Waals surface area contributed by atoms with Gasteiger partial charge in [0, 0.05) is 0 Å². The van der Waals surface area contributed by atoms with E-state index in [9.17, 15) is 4.79 Å². The molecular formula is C9H9IO3. The maximum Gasteiger partial charge on any atom is 0.316 e. The molecule has 1 aliphatic heterocycles. The smallest absolute Gasteiger partial charge is 0.316 e. The lowest BCUT2D eigenvalue weighted by atomic mass is 9.96. The summed E-state index contributed by atoms with van der Waals surface area (Å²) in [6.07, 6.45) is 0.668. The fraction of sp³-hybridized carbons (Fsp3) is 0.444. The molecule has 4 heteroatoms. The molecule has 0 N–H and O–H groups in total. The van der Waals surface area contributed by atoms with Gasteiger partial charge in [-0.3, -0.25) is 4.79 Å². The number of hydrogen-bond acceptors (Lipinski definition) is 3. The fourth-order valence-electron chi connectivity index (χ4n) is 1.54. The second-order valence-electron chi connectivity index (χ2n) is 3.28. The van der Waals surface area contributed by atoms with Crippen molar-refractivity contribution in [2.75, 3.05) is 4.43 Å². The molecule has 1 aromatic rings. The van der Waals surface area contributed by atoms with E-state index in [2.05, 4.69) is 0 Å². The van der Waals surface area contributed by atoms with Gasteiger partial charge in [0.1, 0.15) is 11.5 Å². The van der Waals surface area contributed by atoms with Crippen LogP contribution in [0.15, 0.2) is 16.5 Å². The normalized spacial score (nSPS) is 24.8. The molecule has 1 aromatic heterocycles. The Hall–Kier alpha value is -0.520. The molecule has 1 aliphatic rings. The van der Waals surface area contributed by atoms with Crippen molar-refractivity contribution in [1.82, 2.24) is 0 Å². The number of rotatable bonds is 2. The third kappa shape index (κ3) is 1.47. The SMILES string of the molecule is CC1(OC(=O)CI)Cc2ccc1o2. The Morgan fingerprint density at radius 1 is 1.77 bits per heavy atom. The molecule has 1 atom stereocenters. The molecule has 0 aromatic carbocycles. The topological polar surface area (TPSA) is 39.4 Å². The molecule has 0 fully saturated rings. The zero-order valence-electron chi connectivity index (χ0n) is 7.17. The Labute approximate surface area is 89.6 Å². The molecule has 13 heavy (non-hydrogen) atoms. The van der Waals surface area contributed by atoms with Crippen LogP contribution in [-0.2, 0) is 21.6 Å².